The number of esters is 1. The Morgan fingerprint density at radius 2 is 1.55 bits per heavy atom. The van der Waals surface area contributed by atoms with Gasteiger partial charge in [0.1, 0.15) is 5.75 Å². The third kappa shape index (κ3) is 3.93. The molecule has 4 aliphatic rings. The quantitative estimate of drug-likeness (QED) is 0.672. The minimum Gasteiger partial charge on any atom is -0.484 e. The van der Waals surface area contributed by atoms with E-state index in [1.807, 2.05) is 12.1 Å². The summed E-state index contributed by atoms with van der Waals surface area (Å²) in [5, 5.41) is 2.73. The van der Waals surface area contributed by atoms with Gasteiger partial charge >= 0.3 is 5.97 Å². The highest BCUT2D eigenvalue weighted by molar-refractivity contribution is 6.01. The molecule has 1 amide bonds. The van der Waals surface area contributed by atoms with Gasteiger partial charge in [-0.05, 0) is 91.5 Å². The van der Waals surface area contributed by atoms with E-state index in [-0.39, 0.29) is 12.5 Å². The lowest BCUT2D eigenvalue weighted by Crippen LogP contribution is -2.48. The smallest absolute Gasteiger partial charge is 0.339 e. The Balaban J connectivity index is 1.21. The maximum Gasteiger partial charge on any atom is 0.339 e. The van der Waals surface area contributed by atoms with Crippen LogP contribution in [0.3, 0.4) is 0 Å². The fourth-order valence-corrected chi connectivity index (χ4v) is 6.58. The van der Waals surface area contributed by atoms with Gasteiger partial charge in [0.2, 0.25) is 0 Å². The van der Waals surface area contributed by atoms with Gasteiger partial charge in [-0.15, -0.1) is 0 Å². The summed E-state index contributed by atoms with van der Waals surface area (Å²) in [6.45, 7) is -0.119. The number of carbonyl (C=O) groups is 2. The third-order valence-electron chi connectivity index (χ3n) is 7.48. The summed E-state index contributed by atoms with van der Waals surface area (Å²) in [5.74, 6) is 2.62. The fraction of sp³-hybridized carbons (Fsp3) is 0.462. The number of carbonyl (C=O) groups excluding carboxylic acids is 2. The SMILES string of the molecule is COC(=O)c1ccccc1NC(=O)COc1ccc(C23CC4CC(CC(C4)C2)C3)cc1. The first-order valence-electron chi connectivity index (χ1n) is 11.3. The van der Waals surface area contributed by atoms with Gasteiger partial charge in [-0.25, -0.2) is 4.79 Å². The summed E-state index contributed by atoms with van der Waals surface area (Å²) in [5.41, 5.74) is 2.54. The topological polar surface area (TPSA) is 64.6 Å². The molecule has 5 nitrogen and oxygen atoms in total. The molecule has 4 aliphatic carbocycles. The minimum atomic E-state index is -0.489. The van der Waals surface area contributed by atoms with Crippen molar-refractivity contribution in [2.75, 3.05) is 19.0 Å². The zero-order valence-corrected chi connectivity index (χ0v) is 17.9. The summed E-state index contributed by atoms with van der Waals surface area (Å²) in [6.07, 6.45) is 8.32. The van der Waals surface area contributed by atoms with Gasteiger partial charge in [-0.1, -0.05) is 24.3 Å². The molecule has 5 heteroatoms. The first-order chi connectivity index (χ1) is 15.0. The highest BCUT2D eigenvalue weighted by atomic mass is 16.5. The first-order valence-corrected chi connectivity index (χ1v) is 11.3. The van der Waals surface area contributed by atoms with Crippen LogP contribution >= 0.6 is 0 Å². The van der Waals surface area contributed by atoms with E-state index in [0.717, 1.165) is 17.8 Å². The number of amides is 1. The van der Waals surface area contributed by atoms with Crippen molar-refractivity contribution in [3.8, 4) is 5.75 Å². The molecule has 6 rings (SSSR count). The number of rotatable bonds is 6. The van der Waals surface area contributed by atoms with Crippen molar-refractivity contribution >= 4 is 17.6 Å². The normalized spacial score (nSPS) is 28.2. The van der Waals surface area contributed by atoms with Crippen LogP contribution in [0.15, 0.2) is 48.5 Å². The van der Waals surface area contributed by atoms with E-state index < -0.39 is 5.97 Å². The molecule has 0 atom stereocenters. The minimum absolute atomic E-state index is 0.119. The number of ether oxygens (including phenoxy) is 2. The van der Waals surface area contributed by atoms with E-state index in [1.165, 1.54) is 51.2 Å². The molecule has 0 saturated heterocycles. The van der Waals surface area contributed by atoms with E-state index in [1.54, 1.807) is 24.3 Å². The first kappa shape index (κ1) is 20.1. The van der Waals surface area contributed by atoms with E-state index >= 15 is 0 Å². The Bertz CT molecular complexity index is 946. The van der Waals surface area contributed by atoms with Crippen LogP contribution < -0.4 is 10.1 Å². The van der Waals surface area contributed by atoms with Crippen LogP contribution in [0.25, 0.3) is 0 Å². The van der Waals surface area contributed by atoms with Crippen molar-refractivity contribution in [3.63, 3.8) is 0 Å². The molecule has 162 valence electrons. The highest BCUT2D eigenvalue weighted by Crippen LogP contribution is 2.60. The Kier molecular flexibility index (Phi) is 5.20. The van der Waals surface area contributed by atoms with Crippen molar-refractivity contribution in [2.24, 2.45) is 17.8 Å². The lowest BCUT2D eigenvalue weighted by atomic mass is 9.48. The van der Waals surface area contributed by atoms with Gasteiger partial charge < -0.3 is 14.8 Å². The molecule has 0 aliphatic heterocycles. The van der Waals surface area contributed by atoms with Crippen LogP contribution in [0.1, 0.15) is 54.4 Å². The number of nitrogens with one attached hydrogen (secondary N) is 1. The lowest BCUT2D eigenvalue weighted by molar-refractivity contribution is -0.118. The maximum absolute atomic E-state index is 12.4. The van der Waals surface area contributed by atoms with E-state index in [0.29, 0.717) is 22.4 Å². The molecule has 4 fully saturated rings. The van der Waals surface area contributed by atoms with E-state index in [2.05, 4.69) is 17.4 Å². The number of methoxy groups -OCH3 is 1. The number of para-hydroxylation sites is 1. The Labute approximate surface area is 183 Å². The Hall–Kier alpha value is -2.82. The molecular weight excluding hydrogens is 390 g/mol. The molecule has 0 radical (unpaired) electrons. The standard InChI is InChI=1S/C26H29NO4/c1-30-25(29)22-4-2-3-5-23(22)27-24(28)16-31-21-8-6-20(7-9-21)26-13-17-10-18(14-26)12-19(11-17)15-26/h2-9,17-19H,10-16H2,1H3,(H,27,28). The van der Waals surface area contributed by atoms with E-state index in [9.17, 15) is 9.59 Å². The number of hydrogen-bond acceptors (Lipinski definition) is 4. The maximum atomic E-state index is 12.4. The van der Waals surface area contributed by atoms with Crippen molar-refractivity contribution in [1.29, 1.82) is 0 Å². The van der Waals surface area contributed by atoms with Crippen LogP contribution in [0.5, 0.6) is 5.75 Å². The molecule has 0 heterocycles. The molecule has 0 aromatic heterocycles. The summed E-state index contributed by atoms with van der Waals surface area (Å²) in [7, 11) is 1.32. The van der Waals surface area contributed by atoms with Gasteiger partial charge in [0, 0.05) is 0 Å². The van der Waals surface area contributed by atoms with Crippen molar-refractivity contribution < 1.29 is 19.1 Å². The zero-order chi connectivity index (χ0) is 21.4. The lowest BCUT2D eigenvalue weighted by Gasteiger charge is -2.57. The Morgan fingerprint density at radius 1 is 0.935 bits per heavy atom. The van der Waals surface area contributed by atoms with Gasteiger partial charge in [0.05, 0.1) is 18.4 Å². The van der Waals surface area contributed by atoms with E-state index in [4.69, 9.17) is 9.47 Å². The van der Waals surface area contributed by atoms with Gasteiger partial charge in [0.15, 0.2) is 6.61 Å². The second-order valence-electron chi connectivity index (χ2n) is 9.60. The Morgan fingerprint density at radius 3 is 2.16 bits per heavy atom. The van der Waals surface area contributed by atoms with Crippen LogP contribution in [-0.4, -0.2) is 25.6 Å². The molecule has 0 unspecified atom stereocenters. The molecule has 4 bridgehead atoms. The van der Waals surface area contributed by atoms with Gasteiger partial charge in [0.25, 0.3) is 5.91 Å². The molecule has 0 spiro atoms. The molecular formula is C26H29NO4. The molecule has 2 aromatic rings. The summed E-state index contributed by atoms with van der Waals surface area (Å²) in [6, 6.07) is 15.2. The summed E-state index contributed by atoms with van der Waals surface area (Å²) >= 11 is 0. The van der Waals surface area contributed by atoms with Crippen LogP contribution in [0.2, 0.25) is 0 Å². The van der Waals surface area contributed by atoms with Crippen LogP contribution in [-0.2, 0) is 14.9 Å². The predicted molar refractivity (Wildman–Crippen MR) is 118 cm³/mol. The summed E-state index contributed by atoms with van der Waals surface area (Å²) in [4.78, 5) is 24.2. The monoisotopic (exact) mass is 419 g/mol. The fourth-order valence-electron chi connectivity index (χ4n) is 6.58. The largest absolute Gasteiger partial charge is 0.484 e. The molecule has 31 heavy (non-hydrogen) atoms. The van der Waals surface area contributed by atoms with Crippen molar-refractivity contribution in [3.05, 3.63) is 59.7 Å². The number of anilines is 1. The van der Waals surface area contributed by atoms with Crippen molar-refractivity contribution in [2.45, 2.75) is 43.9 Å². The molecule has 1 N–H and O–H groups in total. The van der Waals surface area contributed by atoms with Crippen molar-refractivity contribution in [1.82, 2.24) is 0 Å². The van der Waals surface area contributed by atoms with Crippen LogP contribution in [0, 0.1) is 17.8 Å². The second kappa shape index (κ2) is 8.03. The third-order valence-corrected chi connectivity index (χ3v) is 7.48. The molecule has 4 saturated carbocycles. The second-order valence-corrected chi connectivity index (χ2v) is 9.60. The van der Waals surface area contributed by atoms with Gasteiger partial charge in [-0.3, -0.25) is 4.79 Å². The summed E-state index contributed by atoms with van der Waals surface area (Å²) < 4.78 is 10.5. The predicted octanol–water partition coefficient (Wildman–Crippen LogP) is 4.96. The number of benzene rings is 2. The molecule has 2 aromatic carbocycles. The van der Waals surface area contributed by atoms with Crippen LogP contribution in [0.4, 0.5) is 5.69 Å². The average molecular weight is 420 g/mol. The highest BCUT2D eigenvalue weighted by Gasteiger charge is 2.51. The zero-order valence-electron chi connectivity index (χ0n) is 17.9. The number of hydrogen-bond donors (Lipinski definition) is 1. The van der Waals surface area contributed by atoms with Gasteiger partial charge in [-0.2, -0.15) is 0 Å². The average Bonchev–Trinajstić information content (AvgIpc) is 2.77.